The van der Waals surface area contributed by atoms with Gasteiger partial charge in [-0.25, -0.2) is 0 Å². The fraction of sp³-hybridized carbons (Fsp3) is 0.333. The van der Waals surface area contributed by atoms with Crippen LogP contribution in [0.15, 0.2) is 61.2 Å². The van der Waals surface area contributed by atoms with Crippen LogP contribution in [0.5, 0.6) is 11.5 Å². The molecule has 16 heteroatoms. The fourth-order valence-corrected chi connectivity index (χ4v) is 7.13. The first-order chi connectivity index (χ1) is 25.2. The molecule has 2 aromatic carbocycles. The minimum Gasteiger partial charge on any atom is -0.489 e. The van der Waals surface area contributed by atoms with Crippen LogP contribution in [-0.2, 0) is 9.59 Å². The van der Waals surface area contributed by atoms with E-state index in [0.717, 1.165) is 34.6 Å². The van der Waals surface area contributed by atoms with Gasteiger partial charge in [-0.1, -0.05) is 51.0 Å². The molecule has 8 rings (SSSR count). The highest BCUT2D eigenvalue weighted by atomic mass is 16.5. The molecule has 0 unspecified atom stereocenters. The lowest BCUT2D eigenvalue weighted by atomic mass is 9.98. The normalized spacial score (nSPS) is 19.8. The predicted molar refractivity (Wildman–Crippen MR) is 190 cm³/mol. The van der Waals surface area contributed by atoms with Gasteiger partial charge in [0, 0.05) is 23.6 Å². The Morgan fingerprint density at radius 1 is 0.731 bits per heavy atom. The maximum atomic E-state index is 11.7. The number of amides is 4. The Balaban J connectivity index is 0.000000162. The highest BCUT2D eigenvalue weighted by molar-refractivity contribution is 6.04. The van der Waals surface area contributed by atoms with Gasteiger partial charge in [0.05, 0.1) is 34.2 Å². The smallest absolute Gasteiger partial charge is 0.252 e. The molecule has 0 spiro atoms. The fourth-order valence-electron chi connectivity index (χ4n) is 7.13. The van der Waals surface area contributed by atoms with Gasteiger partial charge in [-0.2, -0.15) is 0 Å². The van der Waals surface area contributed by atoms with Crippen molar-refractivity contribution in [1.29, 1.82) is 0 Å². The van der Waals surface area contributed by atoms with E-state index in [1.54, 1.807) is 20.9 Å². The molecule has 52 heavy (non-hydrogen) atoms. The zero-order valence-electron chi connectivity index (χ0n) is 28.6. The van der Waals surface area contributed by atoms with Gasteiger partial charge < -0.3 is 31.6 Å². The van der Waals surface area contributed by atoms with Gasteiger partial charge in [-0.15, -0.1) is 20.4 Å². The summed E-state index contributed by atoms with van der Waals surface area (Å²) >= 11 is 0. The molecule has 0 aliphatic carbocycles. The summed E-state index contributed by atoms with van der Waals surface area (Å²) in [5.41, 5.74) is 13.8. The number of carbonyl (C=O) groups is 4. The Hall–Kier alpha value is -6.32. The molecule has 268 valence electrons. The second-order valence-electron chi connectivity index (χ2n) is 13.0. The second kappa shape index (κ2) is 14.1. The Kier molecular flexibility index (Phi) is 9.28. The van der Waals surface area contributed by atoms with Crippen LogP contribution in [0, 0.1) is 11.8 Å². The molecule has 0 bridgehead atoms. The summed E-state index contributed by atoms with van der Waals surface area (Å²) < 4.78 is 15.5. The highest BCUT2D eigenvalue weighted by Crippen LogP contribution is 2.31. The van der Waals surface area contributed by atoms with Crippen molar-refractivity contribution in [2.24, 2.45) is 23.3 Å². The average molecular weight is 707 g/mol. The number of nitrogens with one attached hydrogen (secondary N) is 2. The molecule has 2 aliphatic rings. The zero-order valence-corrected chi connectivity index (χ0v) is 28.6. The maximum absolute atomic E-state index is 11.7. The van der Waals surface area contributed by atoms with E-state index in [2.05, 4.69) is 44.9 Å². The van der Waals surface area contributed by atoms with Gasteiger partial charge in [-0.05, 0) is 36.1 Å². The van der Waals surface area contributed by atoms with Crippen molar-refractivity contribution in [3.05, 3.63) is 72.3 Å². The predicted octanol–water partition coefficient (Wildman–Crippen LogP) is 2.55. The second-order valence-corrected chi connectivity index (χ2v) is 13.0. The van der Waals surface area contributed by atoms with Gasteiger partial charge >= 0.3 is 0 Å². The summed E-state index contributed by atoms with van der Waals surface area (Å²) in [7, 11) is 0. The quantitative estimate of drug-likeness (QED) is 0.163. The van der Waals surface area contributed by atoms with Crippen molar-refractivity contribution in [2.45, 2.75) is 51.6 Å². The summed E-state index contributed by atoms with van der Waals surface area (Å²) in [5.74, 6) is 0.832. The Morgan fingerprint density at radius 3 is 1.54 bits per heavy atom. The molecule has 0 saturated carbocycles. The number of rotatable bonds is 10. The molecule has 6 aromatic rings. The average Bonchev–Trinajstić information content (AvgIpc) is 3.95. The zero-order chi connectivity index (χ0) is 36.5. The van der Waals surface area contributed by atoms with Crippen molar-refractivity contribution in [2.75, 3.05) is 13.2 Å². The van der Waals surface area contributed by atoms with Crippen LogP contribution in [0.1, 0.15) is 60.2 Å². The van der Waals surface area contributed by atoms with Crippen LogP contribution in [0.2, 0.25) is 0 Å². The van der Waals surface area contributed by atoms with Gasteiger partial charge in [0.2, 0.25) is 11.8 Å². The molecular weight excluding hydrogens is 668 g/mol. The van der Waals surface area contributed by atoms with Crippen molar-refractivity contribution >= 4 is 56.7 Å². The number of pyridine rings is 2. The van der Waals surface area contributed by atoms with E-state index in [4.69, 9.17) is 20.9 Å². The number of carbonyl (C=O) groups excluding carboxylic acids is 4. The van der Waals surface area contributed by atoms with Gasteiger partial charge in [0.15, 0.2) is 11.3 Å². The number of nitrogens with zero attached hydrogens (tertiary/aromatic N) is 6. The summed E-state index contributed by atoms with van der Waals surface area (Å²) in [6.45, 7) is 4.90. The largest absolute Gasteiger partial charge is 0.489 e. The molecule has 6 heterocycles. The van der Waals surface area contributed by atoms with Crippen LogP contribution < -0.4 is 31.6 Å². The third-order valence-corrected chi connectivity index (χ3v) is 9.86. The number of ether oxygens (including phenoxy) is 2. The van der Waals surface area contributed by atoms with E-state index in [-0.39, 0.29) is 35.7 Å². The summed E-state index contributed by atoms with van der Waals surface area (Å²) in [4.78, 5) is 46.7. The topological polar surface area (TPSA) is 223 Å². The molecule has 2 fully saturated rings. The van der Waals surface area contributed by atoms with Crippen LogP contribution in [-0.4, -0.2) is 78.1 Å². The van der Waals surface area contributed by atoms with E-state index in [1.807, 2.05) is 36.4 Å². The van der Waals surface area contributed by atoms with Gasteiger partial charge in [-0.3, -0.25) is 28.0 Å². The molecule has 16 nitrogen and oxygen atoms in total. The molecule has 4 atom stereocenters. The molecular formula is C36H38N10O6. The van der Waals surface area contributed by atoms with Crippen LogP contribution in [0.3, 0.4) is 0 Å². The van der Waals surface area contributed by atoms with Crippen molar-refractivity contribution < 1.29 is 28.7 Å². The Morgan fingerprint density at radius 2 is 1.15 bits per heavy atom. The number of primary amides is 2. The molecule has 6 N–H and O–H groups in total. The number of hydrogen-bond acceptors (Lipinski definition) is 10. The molecule has 4 amide bonds. The summed E-state index contributed by atoms with van der Waals surface area (Å²) in [6.07, 6.45) is 5.97. The lowest BCUT2D eigenvalue weighted by molar-refractivity contribution is -0.120. The third-order valence-electron chi connectivity index (χ3n) is 9.86. The molecule has 2 aliphatic heterocycles. The van der Waals surface area contributed by atoms with Crippen LogP contribution in [0.25, 0.3) is 33.1 Å². The van der Waals surface area contributed by atoms with Crippen LogP contribution in [0.4, 0.5) is 0 Å². The van der Waals surface area contributed by atoms with Crippen LogP contribution >= 0.6 is 0 Å². The number of nitrogens with two attached hydrogens (primary N) is 2. The first-order valence-electron chi connectivity index (χ1n) is 17.1. The first kappa shape index (κ1) is 34.1. The number of aromatic nitrogens is 6. The van der Waals surface area contributed by atoms with E-state index in [0.29, 0.717) is 60.0 Å². The molecule has 2 saturated heterocycles. The minimum atomic E-state index is -0.560. The van der Waals surface area contributed by atoms with Crippen molar-refractivity contribution in [3.8, 4) is 11.5 Å². The molecule has 4 aromatic heterocycles. The van der Waals surface area contributed by atoms with Crippen molar-refractivity contribution in [3.63, 3.8) is 0 Å². The monoisotopic (exact) mass is 706 g/mol. The minimum absolute atomic E-state index is 0.0101. The lowest BCUT2D eigenvalue weighted by Gasteiger charge is -2.19. The van der Waals surface area contributed by atoms with Gasteiger partial charge in [0.1, 0.15) is 37.4 Å². The first-order valence-corrected chi connectivity index (χ1v) is 17.1. The SMILES string of the molecule is CC[C@@H]1CC(=O)N[C@@H]1COc1cccc2cc(C(N)=O)c3nncn3c12.CC[C@H]1CC(=O)N[C@@H]1COc1cccc2cc(C(N)=O)c3nncn3c12. The van der Waals surface area contributed by atoms with E-state index in [1.165, 1.54) is 12.7 Å². The lowest BCUT2D eigenvalue weighted by Crippen LogP contribution is -2.34. The van der Waals surface area contributed by atoms with Crippen molar-refractivity contribution in [1.82, 2.24) is 39.8 Å². The number of para-hydroxylation sites is 2. The number of benzene rings is 2. The standard InChI is InChI=1S/2C18H19N5O3/c2*1-2-10-7-15(24)21-13(10)8-26-14-5-3-4-11-6-12(17(19)25)18-22-20-9-23(18)16(11)14/h2*3-6,9-10,13H,2,7-8H2,1H3,(H2,19,25)(H,21,24)/t10-,13+;10-,13-/m01/s1. The summed E-state index contributed by atoms with van der Waals surface area (Å²) in [6, 6.07) is 14.5. The van der Waals surface area contributed by atoms with E-state index < -0.39 is 11.8 Å². The van der Waals surface area contributed by atoms with E-state index >= 15 is 0 Å². The Labute approximate surface area is 296 Å². The highest BCUT2D eigenvalue weighted by Gasteiger charge is 2.32. The number of fused-ring (bicyclic) bond motifs is 6. The Bertz CT molecular complexity index is 2190. The number of hydrogen-bond donors (Lipinski definition) is 4. The van der Waals surface area contributed by atoms with Gasteiger partial charge in [0.25, 0.3) is 11.8 Å². The third kappa shape index (κ3) is 6.38. The summed E-state index contributed by atoms with van der Waals surface area (Å²) in [5, 5.41) is 23.3. The molecule has 0 radical (unpaired) electrons. The van der Waals surface area contributed by atoms with E-state index in [9.17, 15) is 19.2 Å². The maximum Gasteiger partial charge on any atom is 0.252 e.